The average molecular weight is 339 g/mol. The maximum Gasteiger partial charge on any atom is 0.220 e. The van der Waals surface area contributed by atoms with Gasteiger partial charge in [0.15, 0.2) is 0 Å². The summed E-state index contributed by atoms with van der Waals surface area (Å²) in [5.41, 5.74) is 5.02. The molecule has 3 aromatic rings. The minimum absolute atomic E-state index is 0.0270. The minimum Gasteiger partial charge on any atom is -0.346 e. The number of hydrogen-bond acceptors (Lipinski definition) is 3. The molecule has 2 aromatic heterocycles. The molecule has 1 aromatic carbocycles. The van der Waals surface area contributed by atoms with E-state index in [-0.39, 0.29) is 17.9 Å². The van der Waals surface area contributed by atoms with Crippen LogP contribution in [0.2, 0.25) is 0 Å². The van der Waals surface area contributed by atoms with Crippen LogP contribution in [0.3, 0.4) is 0 Å². The summed E-state index contributed by atoms with van der Waals surface area (Å²) in [5.74, 6) is 1.07. The van der Waals surface area contributed by atoms with Crippen LogP contribution in [0, 0.1) is 19.8 Å². The van der Waals surface area contributed by atoms with Crippen molar-refractivity contribution in [2.24, 2.45) is 5.92 Å². The zero-order valence-corrected chi connectivity index (χ0v) is 15.2. The number of H-pyrrole nitrogens is 2. The number of imidazole rings is 1. The van der Waals surface area contributed by atoms with Crippen LogP contribution >= 0.6 is 0 Å². The molecule has 0 aliphatic rings. The summed E-state index contributed by atoms with van der Waals surface area (Å²) in [6, 6.07) is 7.77. The molecule has 1 atom stereocenters. The number of nitrogens with zero attached hydrogens (tertiary/aromatic N) is 2. The number of para-hydroxylation sites is 2. The summed E-state index contributed by atoms with van der Waals surface area (Å²) in [7, 11) is 0. The average Bonchev–Trinajstić information content (AvgIpc) is 3.14. The third-order valence-electron chi connectivity index (χ3n) is 4.57. The Balaban J connectivity index is 1.70. The van der Waals surface area contributed by atoms with Crippen molar-refractivity contribution in [1.29, 1.82) is 0 Å². The quantitative estimate of drug-likeness (QED) is 0.644. The zero-order valence-electron chi connectivity index (χ0n) is 15.2. The molecule has 0 bridgehead atoms. The van der Waals surface area contributed by atoms with Crippen molar-refractivity contribution in [2.75, 3.05) is 0 Å². The van der Waals surface area contributed by atoms with Gasteiger partial charge in [-0.25, -0.2) is 4.98 Å². The number of carbonyl (C=O) groups is 1. The Morgan fingerprint density at radius 2 is 2.00 bits per heavy atom. The standard InChI is InChI=1S/C19H25N5O/c1-11(2)18(19-20-15-7-5-6-8-16(15)21-19)22-17(25)10-9-14-12(3)23-24-13(14)4/h5-8,11,18H,9-10H2,1-4H3,(H,20,21)(H,22,25)(H,23,24). The van der Waals surface area contributed by atoms with Crippen LogP contribution in [-0.4, -0.2) is 26.1 Å². The Morgan fingerprint density at radius 1 is 1.24 bits per heavy atom. The molecular weight excluding hydrogens is 314 g/mol. The van der Waals surface area contributed by atoms with Crippen LogP contribution in [0.1, 0.15) is 49.1 Å². The van der Waals surface area contributed by atoms with Crippen LogP contribution in [0.25, 0.3) is 11.0 Å². The lowest BCUT2D eigenvalue weighted by atomic mass is 10.0. The number of carbonyl (C=O) groups excluding carboxylic acids is 1. The summed E-state index contributed by atoms with van der Waals surface area (Å²) in [4.78, 5) is 20.5. The van der Waals surface area contributed by atoms with E-state index in [2.05, 4.69) is 39.3 Å². The normalized spacial score (nSPS) is 12.7. The van der Waals surface area contributed by atoms with Gasteiger partial charge in [-0.2, -0.15) is 5.10 Å². The highest BCUT2D eigenvalue weighted by atomic mass is 16.1. The van der Waals surface area contributed by atoms with E-state index in [1.807, 2.05) is 38.1 Å². The maximum absolute atomic E-state index is 12.5. The maximum atomic E-state index is 12.5. The van der Waals surface area contributed by atoms with Gasteiger partial charge in [0, 0.05) is 12.1 Å². The van der Waals surface area contributed by atoms with Crippen molar-refractivity contribution in [3.05, 3.63) is 47.0 Å². The van der Waals surface area contributed by atoms with E-state index in [0.29, 0.717) is 12.8 Å². The molecule has 0 saturated carbocycles. The molecule has 2 heterocycles. The summed E-state index contributed by atoms with van der Waals surface area (Å²) < 4.78 is 0. The van der Waals surface area contributed by atoms with Gasteiger partial charge < -0.3 is 10.3 Å². The highest BCUT2D eigenvalue weighted by molar-refractivity contribution is 5.77. The summed E-state index contributed by atoms with van der Waals surface area (Å²) >= 11 is 0. The lowest BCUT2D eigenvalue weighted by Gasteiger charge is -2.20. The van der Waals surface area contributed by atoms with E-state index in [4.69, 9.17) is 0 Å². The fraction of sp³-hybridized carbons (Fsp3) is 0.421. The predicted molar refractivity (Wildman–Crippen MR) is 98.2 cm³/mol. The van der Waals surface area contributed by atoms with E-state index >= 15 is 0 Å². The largest absolute Gasteiger partial charge is 0.346 e. The van der Waals surface area contributed by atoms with Crippen LogP contribution in [-0.2, 0) is 11.2 Å². The minimum atomic E-state index is -0.133. The molecule has 0 radical (unpaired) electrons. The molecule has 25 heavy (non-hydrogen) atoms. The topological polar surface area (TPSA) is 86.5 Å². The van der Waals surface area contributed by atoms with Gasteiger partial charge in [0.25, 0.3) is 0 Å². The van der Waals surface area contributed by atoms with Crippen molar-refractivity contribution >= 4 is 16.9 Å². The number of aromatic nitrogens is 4. The molecule has 1 unspecified atom stereocenters. The van der Waals surface area contributed by atoms with Crippen LogP contribution in [0.15, 0.2) is 24.3 Å². The van der Waals surface area contributed by atoms with E-state index in [1.165, 1.54) is 0 Å². The molecule has 0 fully saturated rings. The Morgan fingerprint density at radius 3 is 2.64 bits per heavy atom. The molecule has 6 heteroatoms. The van der Waals surface area contributed by atoms with Crippen molar-refractivity contribution in [3.63, 3.8) is 0 Å². The molecule has 3 N–H and O–H groups in total. The monoisotopic (exact) mass is 339 g/mol. The Kier molecular flexibility index (Phi) is 4.88. The van der Waals surface area contributed by atoms with E-state index < -0.39 is 0 Å². The highest BCUT2D eigenvalue weighted by Crippen LogP contribution is 2.22. The second kappa shape index (κ2) is 7.09. The lowest BCUT2D eigenvalue weighted by Crippen LogP contribution is -2.32. The summed E-state index contributed by atoms with van der Waals surface area (Å²) in [6.07, 6.45) is 1.12. The van der Waals surface area contributed by atoms with Gasteiger partial charge in [-0.15, -0.1) is 0 Å². The number of benzene rings is 1. The number of hydrogen-bond donors (Lipinski definition) is 3. The molecule has 0 spiro atoms. The molecule has 0 aliphatic heterocycles. The first-order valence-electron chi connectivity index (χ1n) is 8.70. The Bertz CT molecular complexity index is 824. The Hall–Kier alpha value is -2.63. The van der Waals surface area contributed by atoms with Gasteiger partial charge in [0.1, 0.15) is 5.82 Å². The van der Waals surface area contributed by atoms with Crippen LogP contribution in [0.4, 0.5) is 0 Å². The van der Waals surface area contributed by atoms with Gasteiger partial charge in [0.2, 0.25) is 5.91 Å². The van der Waals surface area contributed by atoms with Gasteiger partial charge in [-0.1, -0.05) is 26.0 Å². The van der Waals surface area contributed by atoms with Gasteiger partial charge in [-0.05, 0) is 43.9 Å². The first-order valence-corrected chi connectivity index (χ1v) is 8.70. The van der Waals surface area contributed by atoms with Crippen molar-refractivity contribution < 1.29 is 4.79 Å². The second-order valence-corrected chi connectivity index (χ2v) is 6.84. The molecule has 0 aliphatic carbocycles. The number of aromatic amines is 2. The third kappa shape index (κ3) is 3.73. The highest BCUT2D eigenvalue weighted by Gasteiger charge is 2.22. The van der Waals surface area contributed by atoms with Crippen LogP contribution < -0.4 is 5.32 Å². The van der Waals surface area contributed by atoms with Crippen LogP contribution in [0.5, 0.6) is 0 Å². The van der Waals surface area contributed by atoms with Gasteiger partial charge in [-0.3, -0.25) is 9.89 Å². The molecule has 132 valence electrons. The number of aryl methyl sites for hydroxylation is 2. The molecule has 6 nitrogen and oxygen atoms in total. The predicted octanol–water partition coefficient (Wildman–Crippen LogP) is 3.35. The number of fused-ring (bicyclic) bond motifs is 1. The number of nitrogens with one attached hydrogen (secondary N) is 3. The van der Waals surface area contributed by atoms with Gasteiger partial charge >= 0.3 is 0 Å². The van der Waals surface area contributed by atoms with Crippen molar-refractivity contribution in [3.8, 4) is 0 Å². The van der Waals surface area contributed by atoms with E-state index in [9.17, 15) is 4.79 Å². The molecule has 1 amide bonds. The first-order chi connectivity index (χ1) is 12.0. The molecular formula is C19H25N5O. The fourth-order valence-corrected chi connectivity index (χ4v) is 3.10. The van der Waals surface area contributed by atoms with E-state index in [1.54, 1.807) is 0 Å². The molecule has 3 rings (SSSR count). The fourth-order valence-electron chi connectivity index (χ4n) is 3.10. The second-order valence-electron chi connectivity index (χ2n) is 6.84. The SMILES string of the molecule is Cc1n[nH]c(C)c1CCC(=O)NC(c1nc2ccccc2[nH]1)C(C)C. The molecule has 0 saturated heterocycles. The van der Waals surface area contributed by atoms with Gasteiger partial charge in [0.05, 0.1) is 22.8 Å². The smallest absolute Gasteiger partial charge is 0.220 e. The van der Waals surface area contributed by atoms with Crippen molar-refractivity contribution in [1.82, 2.24) is 25.5 Å². The van der Waals surface area contributed by atoms with Crippen molar-refractivity contribution in [2.45, 2.75) is 46.6 Å². The Labute approximate surface area is 147 Å². The number of rotatable bonds is 6. The summed E-state index contributed by atoms with van der Waals surface area (Å²) in [5, 5.41) is 10.3. The number of amides is 1. The third-order valence-corrected chi connectivity index (χ3v) is 4.57. The zero-order chi connectivity index (χ0) is 18.0. The summed E-state index contributed by atoms with van der Waals surface area (Å²) in [6.45, 7) is 8.12. The first kappa shape index (κ1) is 17.2. The lowest BCUT2D eigenvalue weighted by molar-refractivity contribution is -0.122. The van der Waals surface area contributed by atoms with E-state index in [0.717, 1.165) is 33.8 Å².